The van der Waals surface area contributed by atoms with Gasteiger partial charge in [0.25, 0.3) is 5.91 Å². The highest BCUT2D eigenvalue weighted by Gasteiger charge is 2.32. The fourth-order valence-electron chi connectivity index (χ4n) is 3.17. The van der Waals surface area contributed by atoms with E-state index >= 15 is 0 Å². The Hall–Kier alpha value is -3.87. The zero-order valence-electron chi connectivity index (χ0n) is 16.4. The lowest BCUT2D eigenvalue weighted by molar-refractivity contribution is -0.127. The highest BCUT2D eigenvalue weighted by atomic mass is 16.5. The van der Waals surface area contributed by atoms with Crippen LogP contribution in [0.25, 0.3) is 0 Å². The average Bonchev–Trinajstić information content (AvgIpc) is 2.76. The van der Waals surface area contributed by atoms with Crippen LogP contribution in [0.3, 0.4) is 0 Å². The quantitative estimate of drug-likeness (QED) is 0.682. The Kier molecular flexibility index (Phi) is 5.61. The van der Waals surface area contributed by atoms with Crippen molar-refractivity contribution < 1.29 is 19.1 Å². The fourth-order valence-corrected chi connectivity index (χ4v) is 3.17. The molecule has 30 heavy (non-hydrogen) atoms. The molecule has 2 amide bonds. The average molecular weight is 403 g/mol. The first-order chi connectivity index (χ1) is 14.6. The normalized spacial score (nSPS) is 15.2. The van der Waals surface area contributed by atoms with Crippen molar-refractivity contribution in [2.45, 2.75) is 19.6 Å². The van der Waals surface area contributed by atoms with E-state index < -0.39 is 6.10 Å². The summed E-state index contributed by atoms with van der Waals surface area (Å²) in [4.78, 5) is 30.8. The first kappa shape index (κ1) is 19.4. The van der Waals surface area contributed by atoms with E-state index in [-0.39, 0.29) is 18.4 Å². The SMILES string of the molecule is CC1Oc2ccccc2N(CC(=O)Nc2cccc(OCc3ccccn3)c2)C1=O. The number of hydrogen-bond donors (Lipinski definition) is 1. The van der Waals surface area contributed by atoms with E-state index in [0.717, 1.165) is 5.69 Å². The summed E-state index contributed by atoms with van der Waals surface area (Å²) in [5.41, 5.74) is 1.98. The van der Waals surface area contributed by atoms with E-state index in [9.17, 15) is 9.59 Å². The summed E-state index contributed by atoms with van der Waals surface area (Å²) in [6, 6.07) is 19.9. The molecule has 4 rings (SSSR count). The zero-order valence-corrected chi connectivity index (χ0v) is 16.4. The molecular formula is C23H21N3O4. The van der Waals surface area contributed by atoms with E-state index in [2.05, 4.69) is 10.3 Å². The minimum atomic E-state index is -0.643. The van der Waals surface area contributed by atoms with Gasteiger partial charge in [0, 0.05) is 18.0 Å². The van der Waals surface area contributed by atoms with Gasteiger partial charge < -0.3 is 14.8 Å². The number of fused-ring (bicyclic) bond motifs is 1. The van der Waals surface area contributed by atoms with E-state index in [1.165, 1.54) is 4.90 Å². The molecule has 0 radical (unpaired) electrons. The summed E-state index contributed by atoms with van der Waals surface area (Å²) in [5, 5.41) is 2.82. The van der Waals surface area contributed by atoms with E-state index in [0.29, 0.717) is 29.5 Å². The number of ether oxygens (including phenoxy) is 2. The Labute approximate surface area is 174 Å². The highest BCUT2D eigenvalue weighted by molar-refractivity contribution is 6.06. The molecule has 1 unspecified atom stereocenters. The lowest BCUT2D eigenvalue weighted by Crippen LogP contribution is -2.47. The smallest absolute Gasteiger partial charge is 0.268 e. The van der Waals surface area contributed by atoms with Gasteiger partial charge in [-0.2, -0.15) is 0 Å². The van der Waals surface area contributed by atoms with Crippen LogP contribution >= 0.6 is 0 Å². The van der Waals surface area contributed by atoms with Crippen LogP contribution in [-0.4, -0.2) is 29.4 Å². The Morgan fingerprint density at radius 2 is 1.97 bits per heavy atom. The maximum atomic E-state index is 12.6. The third-order valence-electron chi connectivity index (χ3n) is 4.61. The molecule has 2 aromatic carbocycles. The number of nitrogens with zero attached hydrogens (tertiary/aromatic N) is 2. The van der Waals surface area contributed by atoms with Crippen molar-refractivity contribution in [2.75, 3.05) is 16.8 Å². The first-order valence-electron chi connectivity index (χ1n) is 9.60. The van der Waals surface area contributed by atoms with Gasteiger partial charge in [-0.1, -0.05) is 24.3 Å². The molecule has 0 saturated carbocycles. The van der Waals surface area contributed by atoms with Crippen molar-refractivity contribution in [1.29, 1.82) is 0 Å². The number of rotatable bonds is 6. The number of para-hydroxylation sites is 2. The number of amides is 2. The van der Waals surface area contributed by atoms with Gasteiger partial charge in [0.1, 0.15) is 24.7 Å². The summed E-state index contributed by atoms with van der Waals surface area (Å²) in [6.07, 6.45) is 1.07. The van der Waals surface area contributed by atoms with Crippen LogP contribution in [-0.2, 0) is 16.2 Å². The van der Waals surface area contributed by atoms with E-state index in [1.54, 1.807) is 49.5 Å². The molecule has 1 aliphatic heterocycles. The Morgan fingerprint density at radius 1 is 1.13 bits per heavy atom. The molecular weight excluding hydrogens is 382 g/mol. The first-order valence-corrected chi connectivity index (χ1v) is 9.60. The zero-order chi connectivity index (χ0) is 20.9. The molecule has 1 aromatic heterocycles. The Balaban J connectivity index is 1.41. The van der Waals surface area contributed by atoms with E-state index in [1.807, 2.05) is 30.3 Å². The van der Waals surface area contributed by atoms with Gasteiger partial charge in [0.05, 0.1) is 11.4 Å². The molecule has 7 heteroatoms. The number of carbonyl (C=O) groups excluding carboxylic acids is 2. The molecule has 0 fully saturated rings. The second-order valence-corrected chi connectivity index (χ2v) is 6.84. The number of pyridine rings is 1. The number of hydrogen-bond acceptors (Lipinski definition) is 5. The number of nitrogens with one attached hydrogen (secondary N) is 1. The van der Waals surface area contributed by atoms with Crippen LogP contribution in [0.4, 0.5) is 11.4 Å². The number of benzene rings is 2. The summed E-state index contributed by atoms with van der Waals surface area (Å²) in [6.45, 7) is 1.89. The third-order valence-corrected chi connectivity index (χ3v) is 4.61. The van der Waals surface area contributed by atoms with Crippen molar-refractivity contribution in [2.24, 2.45) is 0 Å². The minimum absolute atomic E-state index is 0.109. The number of carbonyl (C=O) groups is 2. The van der Waals surface area contributed by atoms with Gasteiger partial charge in [-0.05, 0) is 43.3 Å². The lowest BCUT2D eigenvalue weighted by atomic mass is 10.2. The summed E-state index contributed by atoms with van der Waals surface area (Å²) < 4.78 is 11.4. The molecule has 0 bridgehead atoms. The lowest BCUT2D eigenvalue weighted by Gasteiger charge is -2.32. The second kappa shape index (κ2) is 8.65. The van der Waals surface area contributed by atoms with Crippen LogP contribution in [0.1, 0.15) is 12.6 Å². The maximum Gasteiger partial charge on any atom is 0.268 e. The van der Waals surface area contributed by atoms with Gasteiger partial charge in [-0.15, -0.1) is 0 Å². The molecule has 152 valence electrons. The third kappa shape index (κ3) is 4.41. The Bertz CT molecular complexity index is 1060. The molecule has 3 aromatic rings. The fraction of sp³-hybridized carbons (Fsp3) is 0.174. The van der Waals surface area contributed by atoms with Crippen LogP contribution in [0.2, 0.25) is 0 Å². The molecule has 2 heterocycles. The maximum absolute atomic E-state index is 12.6. The number of aromatic nitrogens is 1. The molecule has 7 nitrogen and oxygen atoms in total. The van der Waals surface area contributed by atoms with Gasteiger partial charge in [-0.25, -0.2) is 0 Å². The summed E-state index contributed by atoms with van der Waals surface area (Å²) in [7, 11) is 0. The van der Waals surface area contributed by atoms with E-state index in [4.69, 9.17) is 9.47 Å². The summed E-state index contributed by atoms with van der Waals surface area (Å²) >= 11 is 0. The monoisotopic (exact) mass is 403 g/mol. The van der Waals surface area contributed by atoms with Crippen molar-refractivity contribution in [1.82, 2.24) is 4.98 Å². The van der Waals surface area contributed by atoms with Crippen LogP contribution in [0.15, 0.2) is 72.9 Å². The largest absolute Gasteiger partial charge is 0.487 e. The van der Waals surface area contributed by atoms with Gasteiger partial charge in [0.15, 0.2) is 6.10 Å². The second-order valence-electron chi connectivity index (χ2n) is 6.84. The molecule has 1 atom stereocenters. The molecule has 1 N–H and O–H groups in total. The molecule has 0 aliphatic carbocycles. The highest BCUT2D eigenvalue weighted by Crippen LogP contribution is 2.33. The minimum Gasteiger partial charge on any atom is -0.487 e. The predicted molar refractivity (Wildman–Crippen MR) is 113 cm³/mol. The van der Waals surface area contributed by atoms with Crippen LogP contribution < -0.4 is 19.7 Å². The molecule has 1 aliphatic rings. The Morgan fingerprint density at radius 3 is 2.80 bits per heavy atom. The topological polar surface area (TPSA) is 80.8 Å². The van der Waals surface area contributed by atoms with Crippen molar-refractivity contribution >= 4 is 23.2 Å². The van der Waals surface area contributed by atoms with Crippen molar-refractivity contribution in [3.8, 4) is 11.5 Å². The van der Waals surface area contributed by atoms with Crippen LogP contribution in [0, 0.1) is 0 Å². The number of anilines is 2. The van der Waals surface area contributed by atoms with Gasteiger partial charge in [0.2, 0.25) is 5.91 Å². The van der Waals surface area contributed by atoms with Crippen molar-refractivity contribution in [3.05, 3.63) is 78.6 Å². The van der Waals surface area contributed by atoms with Gasteiger partial charge in [-0.3, -0.25) is 19.5 Å². The standard InChI is InChI=1S/C23H21N3O4/c1-16-23(28)26(20-10-2-3-11-21(20)30-16)14-22(27)25-17-8-6-9-19(13-17)29-15-18-7-4-5-12-24-18/h2-13,16H,14-15H2,1H3,(H,25,27). The molecule has 0 saturated heterocycles. The molecule has 0 spiro atoms. The summed E-state index contributed by atoms with van der Waals surface area (Å²) in [5.74, 6) is 0.632. The van der Waals surface area contributed by atoms with Crippen LogP contribution in [0.5, 0.6) is 11.5 Å². The van der Waals surface area contributed by atoms with Gasteiger partial charge >= 0.3 is 0 Å². The van der Waals surface area contributed by atoms with Crippen molar-refractivity contribution in [3.63, 3.8) is 0 Å². The predicted octanol–water partition coefficient (Wildman–Crippen LogP) is 3.41.